The number of fused-ring (bicyclic) bond motifs is 1. The van der Waals surface area contributed by atoms with E-state index in [2.05, 4.69) is 11.5 Å². The molecule has 1 aromatic rings. The van der Waals surface area contributed by atoms with Gasteiger partial charge in [-0.2, -0.15) is 0 Å². The van der Waals surface area contributed by atoms with E-state index in [9.17, 15) is 0 Å². The number of nitrogens with zero attached hydrogens (tertiary/aromatic N) is 2. The van der Waals surface area contributed by atoms with Crippen molar-refractivity contribution in [2.75, 3.05) is 6.54 Å². The van der Waals surface area contributed by atoms with Gasteiger partial charge < -0.3 is 10.3 Å². The number of aryl methyl sites for hydroxylation is 1. The Balaban J connectivity index is 1.85. The molecule has 0 amide bonds. The molecule has 0 radical (unpaired) electrons. The zero-order chi connectivity index (χ0) is 11.1. The van der Waals surface area contributed by atoms with Crippen LogP contribution >= 0.6 is 0 Å². The van der Waals surface area contributed by atoms with Crippen molar-refractivity contribution in [3.8, 4) is 0 Å². The minimum absolute atomic E-state index is 0.775. The number of aromatic nitrogens is 2. The fourth-order valence-electron chi connectivity index (χ4n) is 2.94. The summed E-state index contributed by atoms with van der Waals surface area (Å²) in [5.41, 5.74) is 8.48. The standard InChI is InChI=1S/C13H21N3/c1-9-13(11-3-4-11)15-12-5-2-10(6-7-14)8-16(9)12/h10-11H,2-8,14H2,1H3. The summed E-state index contributed by atoms with van der Waals surface area (Å²) < 4.78 is 2.46. The van der Waals surface area contributed by atoms with Crippen LogP contribution in [0.4, 0.5) is 0 Å². The van der Waals surface area contributed by atoms with Gasteiger partial charge in [0.2, 0.25) is 0 Å². The first-order chi connectivity index (χ1) is 7.79. The Kier molecular flexibility index (Phi) is 2.51. The van der Waals surface area contributed by atoms with E-state index in [1.165, 1.54) is 36.5 Å². The highest BCUT2D eigenvalue weighted by Crippen LogP contribution is 2.42. The van der Waals surface area contributed by atoms with Gasteiger partial charge in [0.25, 0.3) is 0 Å². The van der Waals surface area contributed by atoms with E-state index in [1.807, 2.05) is 0 Å². The Labute approximate surface area is 97.0 Å². The lowest BCUT2D eigenvalue weighted by molar-refractivity contribution is 0.345. The fraction of sp³-hybridized carbons (Fsp3) is 0.769. The van der Waals surface area contributed by atoms with Crippen molar-refractivity contribution >= 4 is 0 Å². The molecule has 3 heteroatoms. The van der Waals surface area contributed by atoms with Crippen molar-refractivity contribution < 1.29 is 0 Å². The Morgan fingerprint density at radius 2 is 2.19 bits per heavy atom. The molecule has 0 bridgehead atoms. The molecule has 1 aliphatic heterocycles. The summed E-state index contributed by atoms with van der Waals surface area (Å²) in [6.07, 6.45) is 6.29. The van der Waals surface area contributed by atoms with Crippen molar-refractivity contribution in [1.82, 2.24) is 9.55 Å². The summed E-state index contributed by atoms with van der Waals surface area (Å²) in [4.78, 5) is 4.84. The molecule has 0 aromatic carbocycles. The van der Waals surface area contributed by atoms with E-state index in [4.69, 9.17) is 10.7 Å². The van der Waals surface area contributed by atoms with Crippen LogP contribution in [0.15, 0.2) is 0 Å². The largest absolute Gasteiger partial charge is 0.332 e. The number of hydrogen-bond donors (Lipinski definition) is 1. The van der Waals surface area contributed by atoms with Gasteiger partial charge in [0.15, 0.2) is 0 Å². The van der Waals surface area contributed by atoms with E-state index < -0.39 is 0 Å². The Morgan fingerprint density at radius 1 is 1.38 bits per heavy atom. The van der Waals surface area contributed by atoms with Crippen molar-refractivity contribution in [3.63, 3.8) is 0 Å². The number of hydrogen-bond acceptors (Lipinski definition) is 2. The maximum Gasteiger partial charge on any atom is 0.109 e. The average Bonchev–Trinajstić information content (AvgIpc) is 3.07. The zero-order valence-corrected chi connectivity index (χ0v) is 10.1. The van der Waals surface area contributed by atoms with Crippen LogP contribution < -0.4 is 5.73 Å². The summed E-state index contributed by atoms with van der Waals surface area (Å²) in [5, 5.41) is 0. The molecule has 1 fully saturated rings. The SMILES string of the molecule is Cc1c(C2CC2)nc2n1CC(CCN)CC2. The molecular weight excluding hydrogens is 198 g/mol. The maximum absolute atomic E-state index is 5.66. The van der Waals surface area contributed by atoms with E-state index in [0.29, 0.717) is 0 Å². The van der Waals surface area contributed by atoms with Crippen molar-refractivity contribution in [3.05, 3.63) is 17.2 Å². The van der Waals surface area contributed by atoms with E-state index in [-0.39, 0.29) is 0 Å². The fourth-order valence-corrected chi connectivity index (χ4v) is 2.94. The second-order valence-corrected chi connectivity index (χ2v) is 5.37. The van der Waals surface area contributed by atoms with Crippen LogP contribution in [0.2, 0.25) is 0 Å². The summed E-state index contributed by atoms with van der Waals surface area (Å²) in [6, 6.07) is 0. The third kappa shape index (κ3) is 1.67. The predicted molar refractivity (Wildman–Crippen MR) is 64.4 cm³/mol. The first-order valence-electron chi connectivity index (χ1n) is 6.55. The Morgan fingerprint density at radius 3 is 2.88 bits per heavy atom. The molecule has 88 valence electrons. The molecule has 1 unspecified atom stereocenters. The van der Waals surface area contributed by atoms with Gasteiger partial charge in [-0.25, -0.2) is 4.98 Å². The van der Waals surface area contributed by atoms with Gasteiger partial charge in [-0.1, -0.05) is 0 Å². The third-order valence-electron chi connectivity index (χ3n) is 4.09. The highest BCUT2D eigenvalue weighted by atomic mass is 15.1. The Bertz CT molecular complexity index is 390. The van der Waals surface area contributed by atoms with Crippen LogP contribution in [0, 0.1) is 12.8 Å². The molecule has 1 aromatic heterocycles. The lowest BCUT2D eigenvalue weighted by Crippen LogP contribution is -2.23. The molecule has 1 aliphatic carbocycles. The molecule has 3 nitrogen and oxygen atoms in total. The van der Waals surface area contributed by atoms with Crippen molar-refractivity contribution in [2.24, 2.45) is 11.7 Å². The second kappa shape index (κ2) is 3.88. The highest BCUT2D eigenvalue weighted by molar-refractivity contribution is 5.24. The normalized spacial score (nSPS) is 24.5. The molecule has 2 N–H and O–H groups in total. The van der Waals surface area contributed by atoms with Gasteiger partial charge in [-0.05, 0) is 45.1 Å². The molecule has 2 heterocycles. The molecule has 16 heavy (non-hydrogen) atoms. The quantitative estimate of drug-likeness (QED) is 0.844. The van der Waals surface area contributed by atoms with Gasteiger partial charge in [-0.3, -0.25) is 0 Å². The summed E-state index contributed by atoms with van der Waals surface area (Å²) >= 11 is 0. The summed E-state index contributed by atoms with van der Waals surface area (Å²) in [6.45, 7) is 4.22. The average molecular weight is 219 g/mol. The molecule has 3 rings (SSSR count). The maximum atomic E-state index is 5.66. The lowest BCUT2D eigenvalue weighted by Gasteiger charge is -2.24. The number of rotatable bonds is 3. The van der Waals surface area contributed by atoms with Gasteiger partial charge in [0.05, 0.1) is 5.69 Å². The minimum Gasteiger partial charge on any atom is -0.332 e. The summed E-state index contributed by atoms with van der Waals surface area (Å²) in [5.74, 6) is 2.89. The van der Waals surface area contributed by atoms with Crippen molar-refractivity contribution in [2.45, 2.75) is 51.5 Å². The lowest BCUT2D eigenvalue weighted by atomic mass is 9.96. The first-order valence-corrected chi connectivity index (χ1v) is 6.55. The minimum atomic E-state index is 0.775. The smallest absolute Gasteiger partial charge is 0.109 e. The molecule has 1 atom stereocenters. The molecule has 0 saturated heterocycles. The zero-order valence-electron chi connectivity index (χ0n) is 10.1. The highest BCUT2D eigenvalue weighted by Gasteiger charge is 2.31. The van der Waals surface area contributed by atoms with Crippen LogP contribution in [0.3, 0.4) is 0 Å². The topological polar surface area (TPSA) is 43.8 Å². The number of imidazole rings is 1. The van der Waals surface area contributed by atoms with Gasteiger partial charge in [0.1, 0.15) is 5.82 Å². The molecule has 1 saturated carbocycles. The predicted octanol–water partition coefficient (Wildman–Crippen LogP) is 1.98. The summed E-state index contributed by atoms with van der Waals surface area (Å²) in [7, 11) is 0. The molecule has 0 spiro atoms. The van der Waals surface area contributed by atoms with Crippen LogP contribution in [0.25, 0.3) is 0 Å². The Hall–Kier alpha value is -0.830. The van der Waals surface area contributed by atoms with E-state index in [0.717, 1.165) is 37.8 Å². The second-order valence-electron chi connectivity index (χ2n) is 5.37. The van der Waals surface area contributed by atoms with Gasteiger partial charge in [0, 0.05) is 24.6 Å². The number of nitrogens with two attached hydrogens (primary N) is 1. The molecular formula is C13H21N3. The van der Waals surface area contributed by atoms with Crippen LogP contribution in [0.1, 0.15) is 48.8 Å². The van der Waals surface area contributed by atoms with Gasteiger partial charge in [-0.15, -0.1) is 0 Å². The first kappa shape index (κ1) is 10.3. The van der Waals surface area contributed by atoms with Gasteiger partial charge >= 0.3 is 0 Å². The third-order valence-corrected chi connectivity index (χ3v) is 4.09. The van der Waals surface area contributed by atoms with Crippen LogP contribution in [-0.4, -0.2) is 16.1 Å². The van der Waals surface area contributed by atoms with E-state index >= 15 is 0 Å². The van der Waals surface area contributed by atoms with E-state index in [1.54, 1.807) is 0 Å². The monoisotopic (exact) mass is 219 g/mol. The van der Waals surface area contributed by atoms with Crippen LogP contribution in [-0.2, 0) is 13.0 Å². The molecule has 2 aliphatic rings. The van der Waals surface area contributed by atoms with Crippen LogP contribution in [0.5, 0.6) is 0 Å². The van der Waals surface area contributed by atoms with Crippen molar-refractivity contribution in [1.29, 1.82) is 0 Å².